The molecule has 0 spiro atoms. The molecule has 1 aromatic carbocycles. The normalized spacial score (nSPS) is 10.6. The Morgan fingerprint density at radius 3 is 2.52 bits per heavy atom. The van der Waals surface area contributed by atoms with Gasteiger partial charge < -0.3 is 14.5 Å². The number of nitrogens with one attached hydrogen (secondary N) is 1. The molecule has 1 amide bonds. The second kappa shape index (κ2) is 7.45. The Balaban J connectivity index is 1.43. The molecule has 1 N–H and O–H groups in total. The fourth-order valence-corrected chi connectivity index (χ4v) is 2.43. The van der Waals surface area contributed by atoms with Gasteiger partial charge in [0.05, 0.1) is 6.33 Å². The van der Waals surface area contributed by atoms with E-state index >= 15 is 0 Å². The highest BCUT2D eigenvalue weighted by molar-refractivity contribution is 5.94. The quantitative estimate of drug-likeness (QED) is 0.682. The number of unbranched alkanes of at least 4 members (excludes halogenated alkanes) is 1. The molecule has 5 heteroatoms. The van der Waals surface area contributed by atoms with Gasteiger partial charge in [-0.3, -0.25) is 4.79 Å². The number of carbonyl (C=O) groups is 1. The molecule has 0 radical (unpaired) electrons. The van der Waals surface area contributed by atoms with Crippen molar-refractivity contribution in [1.82, 2.24) is 19.4 Å². The molecule has 3 rings (SSSR count). The van der Waals surface area contributed by atoms with E-state index in [4.69, 9.17) is 0 Å². The zero-order chi connectivity index (χ0) is 15.9. The molecule has 3 aromatic rings. The van der Waals surface area contributed by atoms with Crippen LogP contribution in [0.1, 0.15) is 23.2 Å². The molecule has 0 atom stereocenters. The Morgan fingerprint density at radius 2 is 1.83 bits per heavy atom. The maximum Gasteiger partial charge on any atom is 0.251 e. The molecule has 0 bridgehead atoms. The van der Waals surface area contributed by atoms with E-state index in [0.717, 1.165) is 25.1 Å². The predicted octanol–water partition coefficient (Wildman–Crippen LogP) is 2.88. The summed E-state index contributed by atoms with van der Waals surface area (Å²) in [6, 6.07) is 11.6. The second-order valence-corrected chi connectivity index (χ2v) is 5.40. The van der Waals surface area contributed by atoms with Crippen LogP contribution in [0.5, 0.6) is 0 Å². The Bertz CT molecular complexity index is 715. The third kappa shape index (κ3) is 4.10. The van der Waals surface area contributed by atoms with Crippen molar-refractivity contribution < 1.29 is 4.79 Å². The van der Waals surface area contributed by atoms with Crippen LogP contribution in [-0.2, 0) is 6.54 Å². The summed E-state index contributed by atoms with van der Waals surface area (Å²) in [5.41, 5.74) is 1.74. The zero-order valence-corrected chi connectivity index (χ0v) is 12.9. The Hall–Kier alpha value is -2.82. The lowest BCUT2D eigenvalue weighted by molar-refractivity contribution is 0.0953. The van der Waals surface area contributed by atoms with Crippen molar-refractivity contribution in [3.8, 4) is 5.69 Å². The van der Waals surface area contributed by atoms with Crippen molar-refractivity contribution >= 4 is 5.91 Å². The van der Waals surface area contributed by atoms with E-state index in [1.807, 2.05) is 70.5 Å². The molecule has 0 saturated heterocycles. The minimum Gasteiger partial charge on any atom is -0.352 e. The Labute approximate surface area is 135 Å². The van der Waals surface area contributed by atoms with E-state index in [2.05, 4.69) is 10.3 Å². The highest BCUT2D eigenvalue weighted by Gasteiger charge is 2.05. The van der Waals surface area contributed by atoms with Gasteiger partial charge in [-0.1, -0.05) is 0 Å². The van der Waals surface area contributed by atoms with Crippen molar-refractivity contribution in [3.05, 3.63) is 73.1 Å². The van der Waals surface area contributed by atoms with E-state index in [-0.39, 0.29) is 5.91 Å². The van der Waals surface area contributed by atoms with Crippen molar-refractivity contribution in [1.29, 1.82) is 0 Å². The van der Waals surface area contributed by atoms with Gasteiger partial charge in [-0.2, -0.15) is 0 Å². The van der Waals surface area contributed by atoms with Gasteiger partial charge in [0.1, 0.15) is 0 Å². The van der Waals surface area contributed by atoms with Crippen LogP contribution in [0.15, 0.2) is 67.5 Å². The van der Waals surface area contributed by atoms with Gasteiger partial charge in [-0.05, 0) is 49.2 Å². The van der Waals surface area contributed by atoms with E-state index < -0.39 is 0 Å². The molecule has 2 heterocycles. The standard InChI is InChI=1S/C18H20N4O/c23-18(20-9-1-2-11-21-14-10-19-15-21)16-5-7-17(8-6-16)22-12-3-4-13-22/h3-8,10,12-15H,1-2,9,11H2,(H,20,23). The first kappa shape index (κ1) is 15.1. The number of amides is 1. The minimum atomic E-state index is -0.0216. The monoisotopic (exact) mass is 308 g/mol. The molecule has 118 valence electrons. The summed E-state index contributed by atoms with van der Waals surface area (Å²) in [7, 11) is 0. The first-order valence-electron chi connectivity index (χ1n) is 7.80. The van der Waals surface area contributed by atoms with Crippen LogP contribution in [0.3, 0.4) is 0 Å². The van der Waals surface area contributed by atoms with E-state index in [0.29, 0.717) is 12.1 Å². The van der Waals surface area contributed by atoms with Crippen molar-refractivity contribution in [2.75, 3.05) is 6.54 Å². The number of imidazole rings is 1. The number of hydrogen-bond donors (Lipinski definition) is 1. The van der Waals surface area contributed by atoms with Crippen LogP contribution >= 0.6 is 0 Å². The largest absolute Gasteiger partial charge is 0.352 e. The van der Waals surface area contributed by atoms with Crippen molar-refractivity contribution in [2.45, 2.75) is 19.4 Å². The number of nitrogens with zero attached hydrogens (tertiary/aromatic N) is 3. The van der Waals surface area contributed by atoms with Gasteiger partial charge >= 0.3 is 0 Å². The van der Waals surface area contributed by atoms with Crippen LogP contribution in [0, 0.1) is 0 Å². The Kier molecular flexibility index (Phi) is 4.88. The van der Waals surface area contributed by atoms with Crippen molar-refractivity contribution in [2.24, 2.45) is 0 Å². The number of hydrogen-bond acceptors (Lipinski definition) is 2. The fourth-order valence-electron chi connectivity index (χ4n) is 2.43. The lowest BCUT2D eigenvalue weighted by atomic mass is 10.2. The average Bonchev–Trinajstić information content (AvgIpc) is 3.28. The van der Waals surface area contributed by atoms with Gasteiger partial charge in [-0.25, -0.2) is 4.98 Å². The van der Waals surface area contributed by atoms with Crippen LogP contribution in [0.4, 0.5) is 0 Å². The van der Waals surface area contributed by atoms with Crippen LogP contribution in [0.25, 0.3) is 5.69 Å². The van der Waals surface area contributed by atoms with Gasteiger partial charge in [0, 0.05) is 49.1 Å². The number of aromatic nitrogens is 3. The summed E-state index contributed by atoms with van der Waals surface area (Å²) < 4.78 is 4.06. The summed E-state index contributed by atoms with van der Waals surface area (Å²) >= 11 is 0. The number of aryl methyl sites for hydroxylation is 1. The molecule has 0 aliphatic heterocycles. The molecule has 23 heavy (non-hydrogen) atoms. The lowest BCUT2D eigenvalue weighted by Gasteiger charge is -2.07. The minimum absolute atomic E-state index is 0.0216. The van der Waals surface area contributed by atoms with Crippen LogP contribution in [-0.4, -0.2) is 26.6 Å². The van der Waals surface area contributed by atoms with E-state index in [9.17, 15) is 4.79 Å². The fraction of sp³-hybridized carbons (Fsp3) is 0.222. The summed E-state index contributed by atoms with van der Waals surface area (Å²) in [6.07, 6.45) is 11.5. The van der Waals surface area contributed by atoms with Crippen molar-refractivity contribution in [3.63, 3.8) is 0 Å². The number of rotatable bonds is 7. The second-order valence-electron chi connectivity index (χ2n) is 5.40. The van der Waals surface area contributed by atoms with E-state index in [1.54, 1.807) is 6.20 Å². The molecular formula is C18H20N4O. The smallest absolute Gasteiger partial charge is 0.251 e. The molecule has 0 fully saturated rings. The molecule has 0 unspecified atom stereocenters. The summed E-state index contributed by atoms with van der Waals surface area (Å²) in [4.78, 5) is 16.1. The maximum atomic E-state index is 12.1. The van der Waals surface area contributed by atoms with Gasteiger partial charge in [0.15, 0.2) is 0 Å². The molecular weight excluding hydrogens is 288 g/mol. The first-order chi connectivity index (χ1) is 11.3. The lowest BCUT2D eigenvalue weighted by Crippen LogP contribution is -2.24. The molecule has 0 saturated carbocycles. The third-order valence-electron chi connectivity index (χ3n) is 3.72. The molecule has 0 aliphatic carbocycles. The highest BCUT2D eigenvalue weighted by Crippen LogP contribution is 2.10. The molecule has 2 aromatic heterocycles. The van der Waals surface area contributed by atoms with Crippen LogP contribution < -0.4 is 5.32 Å². The van der Waals surface area contributed by atoms with E-state index in [1.165, 1.54) is 0 Å². The average molecular weight is 308 g/mol. The predicted molar refractivity (Wildman–Crippen MR) is 89.6 cm³/mol. The maximum absolute atomic E-state index is 12.1. The number of benzene rings is 1. The zero-order valence-electron chi connectivity index (χ0n) is 12.9. The first-order valence-corrected chi connectivity index (χ1v) is 7.80. The summed E-state index contributed by atoms with van der Waals surface area (Å²) in [5, 5.41) is 2.96. The van der Waals surface area contributed by atoms with Crippen LogP contribution in [0.2, 0.25) is 0 Å². The highest BCUT2D eigenvalue weighted by atomic mass is 16.1. The van der Waals surface area contributed by atoms with Gasteiger partial charge in [-0.15, -0.1) is 0 Å². The van der Waals surface area contributed by atoms with Gasteiger partial charge in [0.2, 0.25) is 0 Å². The SMILES string of the molecule is O=C(NCCCCn1ccnc1)c1ccc(-n2cccc2)cc1. The van der Waals surface area contributed by atoms with Gasteiger partial charge in [0.25, 0.3) is 5.91 Å². The topological polar surface area (TPSA) is 51.9 Å². The summed E-state index contributed by atoms with van der Waals surface area (Å²) in [5.74, 6) is -0.0216. The molecule has 0 aliphatic rings. The summed E-state index contributed by atoms with van der Waals surface area (Å²) in [6.45, 7) is 1.62. The molecule has 5 nitrogen and oxygen atoms in total. The Morgan fingerprint density at radius 1 is 1.04 bits per heavy atom. The third-order valence-corrected chi connectivity index (χ3v) is 3.72. The number of carbonyl (C=O) groups excluding carboxylic acids is 1.